The lowest BCUT2D eigenvalue weighted by atomic mass is 10.0. The average Bonchev–Trinajstić information content (AvgIpc) is 2.97. The second kappa shape index (κ2) is 5.83. The first kappa shape index (κ1) is 16.6. The molecule has 25 heavy (non-hydrogen) atoms. The van der Waals surface area contributed by atoms with Crippen molar-refractivity contribution < 1.29 is 4.79 Å². The van der Waals surface area contributed by atoms with Crippen molar-refractivity contribution >= 4 is 35.1 Å². The number of carbonyl (C=O) groups excluding carboxylic acids is 1. The summed E-state index contributed by atoms with van der Waals surface area (Å²) in [6.07, 6.45) is 0. The molecule has 2 aliphatic rings. The number of primary amides is 1. The molecule has 6 nitrogen and oxygen atoms in total. The van der Waals surface area contributed by atoms with Crippen LogP contribution >= 0.6 is 23.2 Å². The summed E-state index contributed by atoms with van der Waals surface area (Å²) in [5.41, 5.74) is 13.5. The fourth-order valence-corrected chi connectivity index (χ4v) is 4.03. The van der Waals surface area contributed by atoms with Crippen LogP contribution in [0.5, 0.6) is 0 Å². The highest BCUT2D eigenvalue weighted by atomic mass is 35.5. The van der Waals surface area contributed by atoms with Crippen molar-refractivity contribution in [2.45, 2.75) is 13.0 Å². The maximum atomic E-state index is 12.1. The number of anilines is 1. The number of carbonyl (C=O) groups is 1. The first-order valence-electron chi connectivity index (χ1n) is 8.02. The molecule has 1 aromatic heterocycles. The summed E-state index contributed by atoms with van der Waals surface area (Å²) >= 11 is 12.4. The maximum absolute atomic E-state index is 12.1. The van der Waals surface area contributed by atoms with Crippen molar-refractivity contribution in [3.63, 3.8) is 0 Å². The maximum Gasteiger partial charge on any atom is 0.268 e. The van der Waals surface area contributed by atoms with Crippen LogP contribution in [0.4, 0.5) is 5.95 Å². The lowest BCUT2D eigenvalue weighted by molar-refractivity contribution is 0.0996. The predicted molar refractivity (Wildman–Crippen MR) is 97.9 cm³/mol. The molecular formula is C17H17Cl2N5O. The van der Waals surface area contributed by atoms with Crippen molar-refractivity contribution in [1.82, 2.24) is 9.97 Å². The summed E-state index contributed by atoms with van der Waals surface area (Å²) in [7, 11) is 0. The van der Waals surface area contributed by atoms with Crippen molar-refractivity contribution in [3.8, 4) is 11.1 Å². The fraction of sp³-hybridized carbons (Fsp3) is 0.353. The van der Waals surface area contributed by atoms with Gasteiger partial charge >= 0.3 is 0 Å². The molecule has 2 fully saturated rings. The van der Waals surface area contributed by atoms with Crippen molar-refractivity contribution in [1.29, 1.82) is 0 Å². The van der Waals surface area contributed by atoms with E-state index in [-0.39, 0.29) is 11.7 Å². The molecule has 4 N–H and O–H groups in total. The van der Waals surface area contributed by atoms with E-state index in [0.29, 0.717) is 44.7 Å². The van der Waals surface area contributed by atoms with E-state index in [1.165, 1.54) is 0 Å². The minimum absolute atomic E-state index is 0.150. The van der Waals surface area contributed by atoms with Crippen LogP contribution in [0.15, 0.2) is 18.2 Å². The van der Waals surface area contributed by atoms with Crippen LogP contribution in [0.2, 0.25) is 10.0 Å². The molecule has 2 aromatic rings. The minimum Gasteiger partial charge on any atom is -0.364 e. The van der Waals surface area contributed by atoms with E-state index in [9.17, 15) is 4.79 Å². The molecule has 0 radical (unpaired) electrons. The molecule has 2 unspecified atom stereocenters. The first-order chi connectivity index (χ1) is 11.9. The van der Waals surface area contributed by atoms with E-state index in [0.717, 1.165) is 13.1 Å². The van der Waals surface area contributed by atoms with Gasteiger partial charge in [0.2, 0.25) is 5.95 Å². The number of rotatable bonds is 3. The zero-order valence-corrected chi connectivity index (χ0v) is 15.1. The third-order valence-electron chi connectivity index (χ3n) is 5.08. The summed E-state index contributed by atoms with van der Waals surface area (Å²) < 4.78 is 0. The molecule has 1 saturated carbocycles. The molecule has 0 bridgehead atoms. The number of hydrogen-bond donors (Lipinski definition) is 2. The predicted octanol–water partition coefficient (Wildman–Crippen LogP) is 2.25. The number of piperidine rings is 1. The zero-order valence-electron chi connectivity index (χ0n) is 13.5. The highest BCUT2D eigenvalue weighted by molar-refractivity contribution is 6.43. The van der Waals surface area contributed by atoms with Gasteiger partial charge in [0.05, 0.1) is 15.7 Å². The lowest BCUT2D eigenvalue weighted by Crippen LogP contribution is -2.30. The second-order valence-electron chi connectivity index (χ2n) is 6.61. The molecule has 1 amide bonds. The van der Waals surface area contributed by atoms with Crippen LogP contribution in [0, 0.1) is 18.8 Å². The molecule has 1 aromatic carbocycles. The number of halogens is 2. The molecule has 8 heteroatoms. The Hall–Kier alpha value is -1.89. The molecular weight excluding hydrogens is 361 g/mol. The second-order valence-corrected chi connectivity index (χ2v) is 7.39. The van der Waals surface area contributed by atoms with Crippen molar-refractivity contribution in [2.24, 2.45) is 23.3 Å². The van der Waals surface area contributed by atoms with Gasteiger partial charge in [-0.1, -0.05) is 35.3 Å². The van der Waals surface area contributed by atoms with Crippen molar-refractivity contribution in [3.05, 3.63) is 39.6 Å². The number of aryl methyl sites for hydroxylation is 1. The van der Waals surface area contributed by atoms with E-state index in [1.54, 1.807) is 18.2 Å². The van der Waals surface area contributed by atoms with Gasteiger partial charge in [0, 0.05) is 30.3 Å². The van der Waals surface area contributed by atoms with Gasteiger partial charge in [0.1, 0.15) is 5.69 Å². The van der Waals surface area contributed by atoms with E-state index < -0.39 is 5.91 Å². The van der Waals surface area contributed by atoms with Gasteiger partial charge < -0.3 is 16.4 Å². The standard InChI is InChI=1S/C17H17Cl2N5O/c1-7-12(8-3-2-4-11(18)13(8)19)15(16(21)25)23-17(22-7)24-5-9-10(6-24)14(9)20/h2-4,9-10,14H,5-6,20H2,1H3,(H2,21,25). The van der Waals surface area contributed by atoms with Gasteiger partial charge in [-0.2, -0.15) is 0 Å². The van der Waals surface area contributed by atoms with Gasteiger partial charge in [-0.3, -0.25) is 4.79 Å². The number of nitrogens with two attached hydrogens (primary N) is 2. The number of benzene rings is 1. The quantitative estimate of drug-likeness (QED) is 0.854. The zero-order chi connectivity index (χ0) is 17.9. The lowest BCUT2D eigenvalue weighted by Gasteiger charge is -2.21. The van der Waals surface area contributed by atoms with E-state index in [4.69, 9.17) is 34.7 Å². The van der Waals surface area contributed by atoms with Crippen LogP contribution in [0.3, 0.4) is 0 Å². The highest BCUT2D eigenvalue weighted by Crippen LogP contribution is 2.45. The Labute approximate surface area is 155 Å². The SMILES string of the molecule is Cc1nc(N2CC3C(N)C3C2)nc(C(N)=O)c1-c1cccc(Cl)c1Cl. The summed E-state index contributed by atoms with van der Waals surface area (Å²) in [4.78, 5) is 23.1. The summed E-state index contributed by atoms with van der Waals surface area (Å²) in [6, 6.07) is 5.49. The molecule has 4 rings (SSSR count). The smallest absolute Gasteiger partial charge is 0.268 e. The Morgan fingerprint density at radius 2 is 1.92 bits per heavy atom. The average molecular weight is 378 g/mol. The summed E-state index contributed by atoms with van der Waals surface area (Å²) in [5, 5.41) is 0.742. The number of aromatic nitrogens is 2. The number of amides is 1. The molecule has 2 atom stereocenters. The first-order valence-corrected chi connectivity index (χ1v) is 8.77. The minimum atomic E-state index is -0.626. The summed E-state index contributed by atoms with van der Waals surface area (Å²) in [6.45, 7) is 3.42. The number of fused-ring (bicyclic) bond motifs is 1. The van der Waals surface area contributed by atoms with Gasteiger partial charge in [-0.25, -0.2) is 9.97 Å². The fourth-order valence-electron chi connectivity index (χ4n) is 3.63. The highest BCUT2D eigenvalue weighted by Gasteiger charge is 2.54. The molecule has 2 heterocycles. The van der Waals surface area contributed by atoms with Gasteiger partial charge in [0.15, 0.2) is 0 Å². The Balaban J connectivity index is 1.80. The van der Waals surface area contributed by atoms with Gasteiger partial charge in [0.25, 0.3) is 5.91 Å². The van der Waals surface area contributed by atoms with Gasteiger partial charge in [-0.15, -0.1) is 0 Å². The van der Waals surface area contributed by atoms with Crippen LogP contribution in [-0.4, -0.2) is 35.0 Å². The normalized spacial score (nSPS) is 24.3. The van der Waals surface area contributed by atoms with Crippen LogP contribution in [-0.2, 0) is 0 Å². The van der Waals surface area contributed by atoms with Gasteiger partial charge in [-0.05, 0) is 24.8 Å². The monoisotopic (exact) mass is 377 g/mol. The summed E-state index contributed by atoms with van der Waals surface area (Å²) in [5.74, 6) is 0.859. The molecule has 130 valence electrons. The Bertz CT molecular complexity index is 876. The topological polar surface area (TPSA) is 98.1 Å². The van der Waals surface area contributed by atoms with E-state index in [2.05, 4.69) is 14.9 Å². The van der Waals surface area contributed by atoms with E-state index >= 15 is 0 Å². The number of nitrogens with zero attached hydrogens (tertiary/aromatic N) is 3. The Morgan fingerprint density at radius 3 is 2.56 bits per heavy atom. The molecule has 0 spiro atoms. The third-order valence-corrected chi connectivity index (χ3v) is 5.89. The third kappa shape index (κ3) is 2.65. The number of hydrogen-bond acceptors (Lipinski definition) is 5. The largest absolute Gasteiger partial charge is 0.364 e. The Kier molecular flexibility index (Phi) is 3.86. The molecule has 1 saturated heterocycles. The van der Waals surface area contributed by atoms with Crippen LogP contribution in [0.1, 0.15) is 16.2 Å². The van der Waals surface area contributed by atoms with Crippen molar-refractivity contribution in [2.75, 3.05) is 18.0 Å². The molecule has 1 aliphatic carbocycles. The van der Waals surface area contributed by atoms with Crippen LogP contribution < -0.4 is 16.4 Å². The molecule has 1 aliphatic heterocycles. The van der Waals surface area contributed by atoms with Crippen LogP contribution in [0.25, 0.3) is 11.1 Å². The Morgan fingerprint density at radius 1 is 1.24 bits per heavy atom. The van der Waals surface area contributed by atoms with E-state index in [1.807, 2.05) is 6.92 Å².